The first-order valence-electron chi connectivity index (χ1n) is 5.08. The molecule has 0 bridgehead atoms. The van der Waals surface area contributed by atoms with E-state index in [0.29, 0.717) is 12.8 Å². The highest BCUT2D eigenvalue weighted by atomic mass is 32.1. The van der Waals surface area contributed by atoms with E-state index in [4.69, 9.17) is 5.73 Å². The summed E-state index contributed by atoms with van der Waals surface area (Å²) in [6.45, 7) is 2.12. The molecule has 0 spiro atoms. The number of rotatable bonds is 5. The van der Waals surface area contributed by atoms with Crippen molar-refractivity contribution in [2.45, 2.75) is 32.2 Å². The Kier molecular flexibility index (Phi) is 4.78. The second-order valence-electron chi connectivity index (χ2n) is 3.38. The summed E-state index contributed by atoms with van der Waals surface area (Å²) in [5.74, 6) is -0.197. The smallest absolute Gasteiger partial charge is 0.305 e. The summed E-state index contributed by atoms with van der Waals surface area (Å²) < 4.78 is 4.57. The number of esters is 1. The normalized spacial score (nSPS) is 12.5. The predicted molar refractivity (Wildman–Crippen MR) is 61.9 cm³/mol. The first-order valence-corrected chi connectivity index (χ1v) is 5.90. The molecule has 15 heavy (non-hydrogen) atoms. The van der Waals surface area contributed by atoms with Gasteiger partial charge in [-0.05, 0) is 25.0 Å². The van der Waals surface area contributed by atoms with Gasteiger partial charge in [0.25, 0.3) is 0 Å². The fourth-order valence-corrected chi connectivity index (χ4v) is 2.29. The van der Waals surface area contributed by atoms with Gasteiger partial charge in [0.1, 0.15) is 0 Å². The molecule has 1 aromatic rings. The van der Waals surface area contributed by atoms with Gasteiger partial charge in [-0.25, -0.2) is 0 Å². The zero-order chi connectivity index (χ0) is 11.3. The Hall–Kier alpha value is -0.870. The SMILES string of the molecule is CCc1ccc(C(N)CCC(=O)OC)s1. The summed E-state index contributed by atoms with van der Waals surface area (Å²) in [7, 11) is 1.40. The van der Waals surface area contributed by atoms with Gasteiger partial charge >= 0.3 is 5.97 Å². The number of hydrogen-bond acceptors (Lipinski definition) is 4. The van der Waals surface area contributed by atoms with E-state index >= 15 is 0 Å². The van der Waals surface area contributed by atoms with Crippen LogP contribution in [0.2, 0.25) is 0 Å². The Morgan fingerprint density at radius 1 is 1.60 bits per heavy atom. The van der Waals surface area contributed by atoms with E-state index in [9.17, 15) is 4.79 Å². The molecule has 1 heterocycles. The molecule has 1 rings (SSSR count). The minimum absolute atomic E-state index is 0.0469. The lowest BCUT2D eigenvalue weighted by Gasteiger charge is -2.07. The van der Waals surface area contributed by atoms with Gasteiger partial charge in [0, 0.05) is 22.2 Å². The van der Waals surface area contributed by atoms with Crippen molar-refractivity contribution in [2.24, 2.45) is 5.73 Å². The predicted octanol–water partition coefficient (Wildman–Crippen LogP) is 2.26. The topological polar surface area (TPSA) is 52.3 Å². The Balaban J connectivity index is 2.46. The number of nitrogens with two attached hydrogens (primary N) is 1. The highest BCUT2D eigenvalue weighted by Crippen LogP contribution is 2.25. The Morgan fingerprint density at radius 3 is 2.87 bits per heavy atom. The lowest BCUT2D eigenvalue weighted by molar-refractivity contribution is -0.140. The van der Waals surface area contributed by atoms with Crippen molar-refractivity contribution >= 4 is 17.3 Å². The van der Waals surface area contributed by atoms with Crippen molar-refractivity contribution in [3.63, 3.8) is 0 Å². The molecular formula is C11H17NO2S. The molecule has 4 heteroatoms. The molecule has 0 aromatic carbocycles. The molecule has 84 valence electrons. The Bertz CT molecular complexity index is 322. The zero-order valence-corrected chi connectivity index (χ0v) is 9.97. The van der Waals surface area contributed by atoms with E-state index in [1.54, 1.807) is 11.3 Å². The van der Waals surface area contributed by atoms with Crippen molar-refractivity contribution in [3.8, 4) is 0 Å². The van der Waals surface area contributed by atoms with E-state index in [2.05, 4.69) is 17.7 Å². The van der Waals surface area contributed by atoms with Crippen LogP contribution in [-0.2, 0) is 16.0 Å². The van der Waals surface area contributed by atoms with Crippen LogP contribution < -0.4 is 5.73 Å². The van der Waals surface area contributed by atoms with E-state index in [1.165, 1.54) is 12.0 Å². The molecule has 1 aromatic heterocycles. The zero-order valence-electron chi connectivity index (χ0n) is 9.16. The molecule has 0 fully saturated rings. The third-order valence-corrected chi connectivity index (χ3v) is 3.64. The van der Waals surface area contributed by atoms with E-state index in [1.807, 2.05) is 6.07 Å². The van der Waals surface area contributed by atoms with Crippen LogP contribution >= 0.6 is 11.3 Å². The third-order valence-electron chi connectivity index (χ3n) is 2.28. The molecule has 2 N–H and O–H groups in total. The second-order valence-corrected chi connectivity index (χ2v) is 4.58. The van der Waals surface area contributed by atoms with Crippen LogP contribution in [0.4, 0.5) is 0 Å². The number of aryl methyl sites for hydroxylation is 1. The minimum Gasteiger partial charge on any atom is -0.469 e. The molecule has 1 unspecified atom stereocenters. The maximum absolute atomic E-state index is 10.9. The highest BCUT2D eigenvalue weighted by molar-refractivity contribution is 7.12. The standard InChI is InChI=1S/C11H17NO2S/c1-3-8-4-6-10(15-8)9(12)5-7-11(13)14-2/h4,6,9H,3,5,7,12H2,1-2H3. The molecule has 0 aliphatic rings. The quantitative estimate of drug-likeness (QED) is 0.785. The molecule has 0 aliphatic heterocycles. The Labute approximate surface area is 94.2 Å². The highest BCUT2D eigenvalue weighted by Gasteiger charge is 2.11. The van der Waals surface area contributed by atoms with Gasteiger partial charge < -0.3 is 10.5 Å². The number of thiophene rings is 1. The lowest BCUT2D eigenvalue weighted by Crippen LogP contribution is -2.11. The molecular weight excluding hydrogens is 210 g/mol. The fraction of sp³-hybridized carbons (Fsp3) is 0.545. The van der Waals surface area contributed by atoms with E-state index in [0.717, 1.165) is 11.3 Å². The van der Waals surface area contributed by atoms with Crippen molar-refractivity contribution in [2.75, 3.05) is 7.11 Å². The van der Waals surface area contributed by atoms with Crippen LogP contribution in [0.15, 0.2) is 12.1 Å². The number of carbonyl (C=O) groups excluding carboxylic acids is 1. The average Bonchev–Trinajstić information content (AvgIpc) is 2.73. The van der Waals surface area contributed by atoms with Gasteiger partial charge in [0.2, 0.25) is 0 Å². The van der Waals surface area contributed by atoms with Gasteiger partial charge in [-0.2, -0.15) is 0 Å². The summed E-state index contributed by atoms with van der Waals surface area (Å²) in [4.78, 5) is 13.4. The first-order chi connectivity index (χ1) is 7.17. The lowest BCUT2D eigenvalue weighted by atomic mass is 10.1. The summed E-state index contributed by atoms with van der Waals surface area (Å²) >= 11 is 1.72. The maximum atomic E-state index is 10.9. The molecule has 1 atom stereocenters. The molecule has 0 amide bonds. The number of carbonyl (C=O) groups is 1. The van der Waals surface area contributed by atoms with Crippen molar-refractivity contribution in [3.05, 3.63) is 21.9 Å². The molecule has 0 aliphatic carbocycles. The van der Waals surface area contributed by atoms with Gasteiger partial charge in [0.15, 0.2) is 0 Å². The summed E-state index contributed by atoms with van der Waals surface area (Å²) in [6, 6.07) is 4.10. The van der Waals surface area contributed by atoms with Gasteiger partial charge in [-0.15, -0.1) is 11.3 Å². The minimum atomic E-state index is -0.197. The summed E-state index contributed by atoms with van der Waals surface area (Å²) in [5, 5.41) is 0. The molecule has 0 radical (unpaired) electrons. The number of hydrogen-bond donors (Lipinski definition) is 1. The maximum Gasteiger partial charge on any atom is 0.305 e. The molecule has 0 saturated heterocycles. The van der Waals surface area contributed by atoms with Gasteiger partial charge in [-0.1, -0.05) is 6.92 Å². The fourth-order valence-electron chi connectivity index (χ4n) is 1.30. The monoisotopic (exact) mass is 227 g/mol. The number of methoxy groups -OCH3 is 1. The van der Waals surface area contributed by atoms with Crippen molar-refractivity contribution in [1.29, 1.82) is 0 Å². The van der Waals surface area contributed by atoms with Crippen LogP contribution in [0, 0.1) is 0 Å². The van der Waals surface area contributed by atoms with Gasteiger partial charge in [0.05, 0.1) is 7.11 Å². The largest absolute Gasteiger partial charge is 0.469 e. The van der Waals surface area contributed by atoms with Crippen molar-refractivity contribution in [1.82, 2.24) is 0 Å². The van der Waals surface area contributed by atoms with Crippen LogP contribution in [0.25, 0.3) is 0 Å². The first kappa shape index (κ1) is 12.2. The third kappa shape index (κ3) is 3.64. The van der Waals surface area contributed by atoms with Crippen LogP contribution in [0.5, 0.6) is 0 Å². The van der Waals surface area contributed by atoms with E-state index in [-0.39, 0.29) is 12.0 Å². The summed E-state index contributed by atoms with van der Waals surface area (Å²) in [5.41, 5.74) is 5.97. The number of ether oxygens (including phenoxy) is 1. The molecule has 0 saturated carbocycles. The van der Waals surface area contributed by atoms with Gasteiger partial charge in [-0.3, -0.25) is 4.79 Å². The van der Waals surface area contributed by atoms with E-state index < -0.39 is 0 Å². The molecule has 3 nitrogen and oxygen atoms in total. The van der Waals surface area contributed by atoms with Crippen LogP contribution in [0.1, 0.15) is 35.6 Å². The summed E-state index contributed by atoms with van der Waals surface area (Å²) in [6.07, 6.45) is 2.07. The second kappa shape index (κ2) is 5.88. The van der Waals surface area contributed by atoms with Crippen molar-refractivity contribution < 1.29 is 9.53 Å². The Morgan fingerprint density at radius 2 is 2.33 bits per heavy atom. The van der Waals surface area contributed by atoms with Crippen LogP contribution in [-0.4, -0.2) is 13.1 Å². The van der Waals surface area contributed by atoms with Crippen LogP contribution in [0.3, 0.4) is 0 Å². The average molecular weight is 227 g/mol.